The average molecular weight is 549 g/mol. The number of halogens is 1. The highest BCUT2D eigenvalue weighted by Crippen LogP contribution is 2.41. The summed E-state index contributed by atoms with van der Waals surface area (Å²) >= 11 is 3.65. The summed E-state index contributed by atoms with van der Waals surface area (Å²) in [6.07, 6.45) is 3.70. The molecule has 6 nitrogen and oxygen atoms in total. The van der Waals surface area contributed by atoms with Crippen LogP contribution in [0.2, 0.25) is 0 Å². The molecule has 0 aliphatic carbocycles. The van der Waals surface area contributed by atoms with E-state index in [1.54, 1.807) is 13.3 Å². The Kier molecular flexibility index (Phi) is 12.4. The molecule has 0 fully saturated rings. The number of rotatable bonds is 14. The van der Waals surface area contributed by atoms with Crippen molar-refractivity contribution in [2.75, 3.05) is 33.7 Å². The lowest BCUT2D eigenvalue weighted by Crippen LogP contribution is -2.18. The number of nitrogens with zero attached hydrogens (tertiary/aromatic N) is 1. The zero-order chi connectivity index (χ0) is 25.7. The van der Waals surface area contributed by atoms with Gasteiger partial charge >= 0.3 is 5.97 Å². The average Bonchev–Trinajstić information content (AvgIpc) is 2.82. The van der Waals surface area contributed by atoms with Crippen LogP contribution >= 0.6 is 15.9 Å². The molecule has 2 aromatic carbocycles. The highest BCUT2D eigenvalue weighted by Gasteiger charge is 2.27. The Bertz CT molecular complexity index is 940. The molecule has 0 bridgehead atoms. The lowest BCUT2D eigenvalue weighted by Gasteiger charge is -2.27. The number of hydrogen-bond donors (Lipinski definition) is 0. The zero-order valence-corrected chi connectivity index (χ0v) is 23.1. The molecule has 7 heteroatoms. The topological polar surface area (TPSA) is 66.4 Å². The van der Waals surface area contributed by atoms with Crippen LogP contribution < -0.4 is 4.74 Å². The van der Waals surface area contributed by atoms with Gasteiger partial charge < -0.3 is 18.9 Å². The number of carbonyl (C=O) groups excluding carboxylic acids is 1. The van der Waals surface area contributed by atoms with E-state index in [4.69, 9.17) is 23.9 Å². The minimum Gasteiger partial charge on any atom is -0.467 e. The first-order valence-corrected chi connectivity index (χ1v) is 12.8. The standard InChI is InChI=1S/C28H38BrNO5/c1-6-7-13-34-26(31)18-25(30-19-21-11-9-8-10-12-21)23-16-22(29)17-24(28(2,3)4)27(23)35-20-33-15-14-32-5/h8-12,16-17,19,25H,6-7,13-15,18,20H2,1-5H3/t25-/m0/s1. The van der Waals surface area contributed by atoms with Crippen molar-refractivity contribution in [3.05, 3.63) is 63.6 Å². The number of hydrogen-bond acceptors (Lipinski definition) is 6. The van der Waals surface area contributed by atoms with Crippen molar-refractivity contribution < 1.29 is 23.7 Å². The first-order valence-electron chi connectivity index (χ1n) is 12.0. The Hall–Kier alpha value is -2.22. The largest absolute Gasteiger partial charge is 0.467 e. The highest BCUT2D eigenvalue weighted by molar-refractivity contribution is 9.10. The third kappa shape index (κ3) is 10.1. The molecule has 0 heterocycles. The Labute approximate surface area is 218 Å². The van der Waals surface area contributed by atoms with E-state index in [9.17, 15) is 4.79 Å². The van der Waals surface area contributed by atoms with Crippen molar-refractivity contribution >= 4 is 28.1 Å². The van der Waals surface area contributed by atoms with E-state index < -0.39 is 6.04 Å². The van der Waals surface area contributed by atoms with Crippen LogP contribution in [0.4, 0.5) is 0 Å². The van der Waals surface area contributed by atoms with E-state index in [1.807, 2.05) is 42.5 Å². The van der Waals surface area contributed by atoms with Gasteiger partial charge in [-0.25, -0.2) is 0 Å². The molecule has 0 spiro atoms. The normalized spacial score (nSPS) is 12.6. The van der Waals surface area contributed by atoms with Crippen molar-refractivity contribution in [2.24, 2.45) is 4.99 Å². The number of carbonyl (C=O) groups is 1. The molecule has 192 valence electrons. The summed E-state index contributed by atoms with van der Waals surface area (Å²) in [6.45, 7) is 9.82. The SMILES string of the molecule is CCCCOC(=O)C[C@H](N=Cc1ccccc1)c1cc(Br)cc(C(C)(C)C)c1OCOCCOC. The van der Waals surface area contributed by atoms with Gasteiger partial charge in [-0.3, -0.25) is 9.79 Å². The molecule has 1 atom stereocenters. The summed E-state index contributed by atoms with van der Waals surface area (Å²) < 4.78 is 23.2. The molecule has 0 aliphatic rings. The van der Waals surface area contributed by atoms with E-state index in [-0.39, 0.29) is 24.6 Å². The number of esters is 1. The van der Waals surface area contributed by atoms with Gasteiger partial charge in [0.1, 0.15) is 5.75 Å². The molecular weight excluding hydrogens is 510 g/mol. The second kappa shape index (κ2) is 15.0. The van der Waals surface area contributed by atoms with Crippen LogP contribution in [0.5, 0.6) is 5.75 Å². The minimum atomic E-state index is -0.489. The molecule has 35 heavy (non-hydrogen) atoms. The van der Waals surface area contributed by atoms with Crippen molar-refractivity contribution in [3.8, 4) is 5.75 Å². The highest BCUT2D eigenvalue weighted by atomic mass is 79.9. The fourth-order valence-corrected chi connectivity index (χ4v) is 3.86. The van der Waals surface area contributed by atoms with Crippen molar-refractivity contribution in [1.29, 1.82) is 0 Å². The lowest BCUT2D eigenvalue weighted by atomic mass is 9.84. The van der Waals surface area contributed by atoms with Gasteiger partial charge in [-0.2, -0.15) is 0 Å². The predicted molar refractivity (Wildman–Crippen MR) is 143 cm³/mol. The molecule has 0 saturated carbocycles. The second-order valence-corrected chi connectivity index (χ2v) is 10.2. The fourth-order valence-electron chi connectivity index (χ4n) is 3.39. The smallest absolute Gasteiger partial charge is 0.308 e. The van der Waals surface area contributed by atoms with Crippen LogP contribution in [0.1, 0.15) is 69.7 Å². The zero-order valence-electron chi connectivity index (χ0n) is 21.5. The molecule has 0 N–H and O–H groups in total. The van der Waals surface area contributed by atoms with Gasteiger partial charge in [0, 0.05) is 28.9 Å². The lowest BCUT2D eigenvalue weighted by molar-refractivity contribution is -0.144. The first-order chi connectivity index (χ1) is 16.8. The summed E-state index contributed by atoms with van der Waals surface area (Å²) in [5, 5.41) is 0. The number of ether oxygens (including phenoxy) is 4. The summed E-state index contributed by atoms with van der Waals surface area (Å²) in [6, 6.07) is 13.3. The van der Waals surface area contributed by atoms with Crippen LogP contribution in [0, 0.1) is 0 Å². The predicted octanol–water partition coefficient (Wildman–Crippen LogP) is 6.64. The summed E-state index contributed by atoms with van der Waals surface area (Å²) in [7, 11) is 1.63. The molecule has 0 aliphatic heterocycles. The van der Waals surface area contributed by atoms with E-state index in [2.05, 4.69) is 43.6 Å². The van der Waals surface area contributed by atoms with E-state index in [1.165, 1.54) is 0 Å². The number of benzene rings is 2. The molecule has 0 aromatic heterocycles. The monoisotopic (exact) mass is 547 g/mol. The number of unbranched alkanes of at least 4 members (excludes halogenated alkanes) is 1. The third-order valence-corrected chi connectivity index (χ3v) is 5.75. The molecule has 0 saturated heterocycles. The van der Waals surface area contributed by atoms with Gasteiger partial charge in [-0.15, -0.1) is 0 Å². The van der Waals surface area contributed by atoms with Gasteiger partial charge in [-0.1, -0.05) is 80.4 Å². The Morgan fingerprint density at radius 3 is 2.51 bits per heavy atom. The molecule has 0 radical (unpaired) electrons. The van der Waals surface area contributed by atoms with Gasteiger partial charge in [0.2, 0.25) is 0 Å². The first kappa shape index (κ1) is 29.0. The number of methoxy groups -OCH3 is 1. The second-order valence-electron chi connectivity index (χ2n) is 9.27. The van der Waals surface area contributed by atoms with Gasteiger partial charge in [0.15, 0.2) is 6.79 Å². The van der Waals surface area contributed by atoms with Crippen LogP contribution in [0.3, 0.4) is 0 Å². The maximum Gasteiger partial charge on any atom is 0.308 e. The molecule has 2 rings (SSSR count). The number of aliphatic imine (C=N–C) groups is 1. The van der Waals surface area contributed by atoms with Gasteiger partial charge in [0.25, 0.3) is 0 Å². The Morgan fingerprint density at radius 2 is 1.86 bits per heavy atom. The van der Waals surface area contributed by atoms with Crippen LogP contribution in [0.15, 0.2) is 51.9 Å². The molecule has 0 unspecified atom stereocenters. The molecule has 0 amide bonds. The Balaban J connectivity index is 2.46. The van der Waals surface area contributed by atoms with Gasteiger partial charge in [0.05, 0.1) is 32.3 Å². The fraction of sp³-hybridized carbons (Fsp3) is 0.500. The van der Waals surface area contributed by atoms with Crippen molar-refractivity contribution in [1.82, 2.24) is 0 Å². The summed E-state index contributed by atoms with van der Waals surface area (Å²) in [5.41, 5.74) is 2.54. The molecular formula is C28H38BrNO5. The van der Waals surface area contributed by atoms with Crippen LogP contribution in [-0.2, 0) is 24.4 Å². The van der Waals surface area contributed by atoms with Crippen LogP contribution in [0.25, 0.3) is 0 Å². The quantitative estimate of drug-likeness (QED) is 0.115. The summed E-state index contributed by atoms with van der Waals surface area (Å²) in [4.78, 5) is 17.6. The van der Waals surface area contributed by atoms with E-state index >= 15 is 0 Å². The van der Waals surface area contributed by atoms with Crippen molar-refractivity contribution in [2.45, 2.75) is 58.4 Å². The van der Waals surface area contributed by atoms with E-state index in [0.29, 0.717) is 25.6 Å². The van der Waals surface area contributed by atoms with Gasteiger partial charge in [-0.05, 0) is 29.5 Å². The maximum atomic E-state index is 12.7. The third-order valence-electron chi connectivity index (χ3n) is 5.29. The Morgan fingerprint density at radius 1 is 1.11 bits per heavy atom. The minimum absolute atomic E-state index is 0.0666. The molecule has 2 aromatic rings. The van der Waals surface area contributed by atoms with Crippen molar-refractivity contribution in [3.63, 3.8) is 0 Å². The van der Waals surface area contributed by atoms with E-state index in [0.717, 1.165) is 34.0 Å². The maximum absolute atomic E-state index is 12.7. The van der Waals surface area contributed by atoms with Crippen LogP contribution in [-0.4, -0.2) is 45.9 Å². The summed E-state index contributed by atoms with van der Waals surface area (Å²) in [5.74, 6) is 0.392.